The first kappa shape index (κ1) is 12.4. The van der Waals surface area contributed by atoms with Gasteiger partial charge in [0.1, 0.15) is 5.82 Å². The molecule has 3 nitrogen and oxygen atoms in total. The fraction of sp³-hybridized carbons (Fsp3) is 0.333. The molecule has 1 atom stereocenters. The predicted octanol–water partition coefficient (Wildman–Crippen LogP) is 2.43. The zero-order valence-electron chi connectivity index (χ0n) is 9.16. The van der Waals surface area contributed by atoms with Crippen molar-refractivity contribution in [2.45, 2.75) is 20.3 Å². The van der Waals surface area contributed by atoms with Crippen LogP contribution in [-0.2, 0) is 4.79 Å². The SMILES string of the molecule is Cc1cc(F)ccc1C(=O)CC(C)C(=O)O. The minimum absolute atomic E-state index is 0.0677. The average molecular weight is 224 g/mol. The summed E-state index contributed by atoms with van der Waals surface area (Å²) in [6.45, 7) is 3.10. The number of carbonyl (C=O) groups is 2. The first-order chi connectivity index (χ1) is 7.41. The van der Waals surface area contributed by atoms with Gasteiger partial charge in [-0.2, -0.15) is 0 Å². The highest BCUT2D eigenvalue weighted by Crippen LogP contribution is 2.15. The largest absolute Gasteiger partial charge is 0.481 e. The van der Waals surface area contributed by atoms with Crippen molar-refractivity contribution in [3.05, 3.63) is 35.1 Å². The predicted molar refractivity (Wildman–Crippen MR) is 56.9 cm³/mol. The molecule has 0 aliphatic rings. The normalized spacial score (nSPS) is 12.2. The molecular formula is C12H13FO3. The van der Waals surface area contributed by atoms with Gasteiger partial charge in [0, 0.05) is 12.0 Å². The van der Waals surface area contributed by atoms with E-state index < -0.39 is 17.7 Å². The number of aliphatic carboxylic acids is 1. The minimum Gasteiger partial charge on any atom is -0.481 e. The average Bonchev–Trinajstić information content (AvgIpc) is 2.16. The summed E-state index contributed by atoms with van der Waals surface area (Å²) in [7, 11) is 0. The minimum atomic E-state index is -1.01. The van der Waals surface area contributed by atoms with E-state index in [0.29, 0.717) is 11.1 Å². The molecule has 1 unspecified atom stereocenters. The van der Waals surface area contributed by atoms with Gasteiger partial charge in [-0.15, -0.1) is 0 Å². The number of carboxylic acid groups (broad SMARTS) is 1. The van der Waals surface area contributed by atoms with Crippen molar-refractivity contribution in [1.29, 1.82) is 0 Å². The van der Waals surface area contributed by atoms with Crippen molar-refractivity contribution >= 4 is 11.8 Å². The zero-order chi connectivity index (χ0) is 12.3. The van der Waals surface area contributed by atoms with E-state index in [1.165, 1.54) is 25.1 Å². The molecule has 0 aromatic heterocycles. The number of hydrogen-bond donors (Lipinski definition) is 1. The Morgan fingerprint density at radius 2 is 2.06 bits per heavy atom. The molecule has 1 aromatic rings. The van der Waals surface area contributed by atoms with Gasteiger partial charge in [-0.05, 0) is 30.7 Å². The lowest BCUT2D eigenvalue weighted by Gasteiger charge is -2.07. The highest BCUT2D eigenvalue weighted by atomic mass is 19.1. The van der Waals surface area contributed by atoms with Crippen LogP contribution in [0.2, 0.25) is 0 Å². The topological polar surface area (TPSA) is 54.4 Å². The van der Waals surface area contributed by atoms with Crippen molar-refractivity contribution < 1.29 is 19.1 Å². The molecule has 0 bridgehead atoms. The highest BCUT2D eigenvalue weighted by molar-refractivity contribution is 5.99. The number of benzene rings is 1. The van der Waals surface area contributed by atoms with Crippen molar-refractivity contribution in [3.63, 3.8) is 0 Å². The van der Waals surface area contributed by atoms with Gasteiger partial charge in [-0.1, -0.05) is 6.92 Å². The number of carbonyl (C=O) groups excluding carboxylic acids is 1. The number of carboxylic acids is 1. The Labute approximate surface area is 92.9 Å². The van der Waals surface area contributed by atoms with Gasteiger partial charge in [0.05, 0.1) is 5.92 Å². The van der Waals surface area contributed by atoms with Crippen LogP contribution in [0.5, 0.6) is 0 Å². The Morgan fingerprint density at radius 1 is 1.44 bits per heavy atom. The van der Waals surface area contributed by atoms with Crippen LogP contribution >= 0.6 is 0 Å². The number of halogens is 1. The molecule has 0 saturated carbocycles. The van der Waals surface area contributed by atoms with Crippen molar-refractivity contribution in [2.24, 2.45) is 5.92 Å². The lowest BCUT2D eigenvalue weighted by molar-refractivity contribution is -0.141. The smallest absolute Gasteiger partial charge is 0.306 e. The van der Waals surface area contributed by atoms with E-state index >= 15 is 0 Å². The van der Waals surface area contributed by atoms with E-state index in [9.17, 15) is 14.0 Å². The summed E-state index contributed by atoms with van der Waals surface area (Å²) in [5.74, 6) is -2.40. The first-order valence-corrected chi connectivity index (χ1v) is 4.94. The number of ketones is 1. The summed E-state index contributed by atoms with van der Waals surface area (Å²) in [5.41, 5.74) is 0.914. The molecule has 0 amide bonds. The van der Waals surface area contributed by atoms with Crippen LogP contribution in [0.15, 0.2) is 18.2 Å². The third kappa shape index (κ3) is 2.89. The summed E-state index contributed by atoms with van der Waals surface area (Å²) in [6.07, 6.45) is -0.0677. The third-order valence-electron chi connectivity index (χ3n) is 2.40. The van der Waals surface area contributed by atoms with E-state index in [1.54, 1.807) is 6.92 Å². The van der Waals surface area contributed by atoms with Gasteiger partial charge < -0.3 is 5.11 Å². The second kappa shape index (κ2) is 4.88. The van der Waals surface area contributed by atoms with Crippen LogP contribution in [0.4, 0.5) is 4.39 Å². The highest BCUT2D eigenvalue weighted by Gasteiger charge is 2.18. The number of Topliss-reactive ketones (excluding diaryl/α,β-unsaturated/α-hetero) is 1. The van der Waals surface area contributed by atoms with E-state index in [1.807, 2.05) is 0 Å². The number of rotatable bonds is 4. The zero-order valence-corrected chi connectivity index (χ0v) is 9.16. The summed E-state index contributed by atoms with van der Waals surface area (Å²) >= 11 is 0. The maximum Gasteiger partial charge on any atom is 0.306 e. The molecule has 0 radical (unpaired) electrons. The lowest BCUT2D eigenvalue weighted by atomic mass is 9.97. The standard InChI is InChI=1S/C12H13FO3/c1-7-5-9(13)3-4-10(7)11(14)6-8(2)12(15)16/h3-5,8H,6H2,1-2H3,(H,15,16). The molecule has 0 fully saturated rings. The van der Waals surface area contributed by atoms with Gasteiger partial charge in [-0.3, -0.25) is 9.59 Å². The maximum atomic E-state index is 12.8. The van der Waals surface area contributed by atoms with Gasteiger partial charge in [-0.25, -0.2) is 4.39 Å². The second-order valence-electron chi connectivity index (χ2n) is 3.83. The van der Waals surface area contributed by atoms with Crippen molar-refractivity contribution in [2.75, 3.05) is 0 Å². The Kier molecular flexibility index (Phi) is 3.77. The van der Waals surface area contributed by atoms with Crippen LogP contribution in [0.1, 0.15) is 29.3 Å². The van der Waals surface area contributed by atoms with E-state index in [0.717, 1.165) is 0 Å². The Morgan fingerprint density at radius 3 is 2.56 bits per heavy atom. The summed E-state index contributed by atoms with van der Waals surface area (Å²) < 4.78 is 12.8. The third-order valence-corrected chi connectivity index (χ3v) is 2.40. The Bertz CT molecular complexity index is 426. The van der Waals surface area contributed by atoms with Crippen LogP contribution in [0, 0.1) is 18.7 Å². The van der Waals surface area contributed by atoms with Crippen LogP contribution in [0.3, 0.4) is 0 Å². The molecule has 4 heteroatoms. The Hall–Kier alpha value is -1.71. The quantitative estimate of drug-likeness (QED) is 0.799. The van der Waals surface area contributed by atoms with Crippen molar-refractivity contribution in [3.8, 4) is 0 Å². The summed E-state index contributed by atoms with van der Waals surface area (Å²) in [4.78, 5) is 22.3. The number of aryl methyl sites for hydroxylation is 1. The molecule has 0 saturated heterocycles. The van der Waals surface area contributed by atoms with Gasteiger partial charge in [0.2, 0.25) is 0 Å². The van der Waals surface area contributed by atoms with E-state index in [2.05, 4.69) is 0 Å². The van der Waals surface area contributed by atoms with Gasteiger partial charge >= 0.3 is 5.97 Å². The summed E-state index contributed by atoms with van der Waals surface area (Å²) in [5, 5.41) is 8.68. The fourth-order valence-corrected chi connectivity index (χ4v) is 1.42. The maximum absolute atomic E-state index is 12.8. The van der Waals surface area contributed by atoms with E-state index in [-0.39, 0.29) is 12.2 Å². The lowest BCUT2D eigenvalue weighted by Crippen LogP contribution is -2.15. The van der Waals surface area contributed by atoms with Crippen LogP contribution in [0.25, 0.3) is 0 Å². The molecular weight excluding hydrogens is 211 g/mol. The molecule has 0 aliphatic heterocycles. The molecule has 1 rings (SSSR count). The molecule has 0 spiro atoms. The molecule has 1 aromatic carbocycles. The molecule has 86 valence electrons. The van der Waals surface area contributed by atoms with Crippen LogP contribution in [-0.4, -0.2) is 16.9 Å². The van der Waals surface area contributed by atoms with Crippen LogP contribution < -0.4 is 0 Å². The Balaban J connectivity index is 2.85. The van der Waals surface area contributed by atoms with E-state index in [4.69, 9.17) is 5.11 Å². The molecule has 16 heavy (non-hydrogen) atoms. The van der Waals surface area contributed by atoms with Crippen molar-refractivity contribution in [1.82, 2.24) is 0 Å². The van der Waals surface area contributed by atoms with Gasteiger partial charge in [0.15, 0.2) is 5.78 Å². The fourth-order valence-electron chi connectivity index (χ4n) is 1.42. The summed E-state index contributed by atoms with van der Waals surface area (Å²) in [6, 6.07) is 3.85. The first-order valence-electron chi connectivity index (χ1n) is 4.94. The molecule has 1 N–H and O–H groups in total. The van der Waals surface area contributed by atoms with Gasteiger partial charge in [0.25, 0.3) is 0 Å². The monoisotopic (exact) mass is 224 g/mol. The second-order valence-corrected chi connectivity index (χ2v) is 3.83. The number of hydrogen-bond acceptors (Lipinski definition) is 2. The molecule has 0 heterocycles. The molecule has 0 aliphatic carbocycles.